The lowest BCUT2D eigenvalue weighted by Crippen LogP contribution is -2.17. The number of nitriles is 1. The normalized spacial score (nSPS) is 11.3. The fraction of sp³-hybridized carbons (Fsp3) is 0.154. The fourth-order valence-electron chi connectivity index (χ4n) is 1.31. The highest BCUT2D eigenvalue weighted by atomic mass is 79.9. The number of hydrogen-bond acceptors (Lipinski definition) is 5. The van der Waals surface area contributed by atoms with Gasteiger partial charge in [-0.25, -0.2) is 4.79 Å². The van der Waals surface area contributed by atoms with Crippen LogP contribution in [0.4, 0.5) is 0 Å². The Morgan fingerprint density at radius 3 is 2.70 bits per heavy atom. The monoisotopic (exact) mass is 356 g/mol. The van der Waals surface area contributed by atoms with E-state index in [1.165, 1.54) is 19.1 Å². The number of nitrogens with zero attached hydrogens (tertiary/aromatic N) is 1. The molecule has 0 aliphatic carbocycles. The summed E-state index contributed by atoms with van der Waals surface area (Å²) in [6, 6.07) is 6.33. The zero-order chi connectivity index (χ0) is 15.3. The Labute approximate surface area is 129 Å². The van der Waals surface area contributed by atoms with Crippen LogP contribution in [0, 0.1) is 11.3 Å². The van der Waals surface area contributed by atoms with Crippen molar-refractivity contribution in [2.24, 2.45) is 5.73 Å². The van der Waals surface area contributed by atoms with Gasteiger partial charge in [0.25, 0.3) is 0 Å². The Balaban J connectivity index is 2.79. The van der Waals surface area contributed by atoms with E-state index in [1.54, 1.807) is 12.1 Å². The van der Waals surface area contributed by atoms with Gasteiger partial charge in [0.2, 0.25) is 5.78 Å². The quantitative estimate of drug-likeness (QED) is 0.508. The van der Waals surface area contributed by atoms with Crippen molar-refractivity contribution in [3.8, 4) is 6.07 Å². The molecular weight excluding hydrogens is 348 g/mol. The molecule has 0 atom stereocenters. The number of benzene rings is 1. The Morgan fingerprint density at radius 1 is 1.50 bits per heavy atom. The third-order valence-electron chi connectivity index (χ3n) is 2.27. The van der Waals surface area contributed by atoms with Gasteiger partial charge in [0.1, 0.15) is 11.6 Å². The van der Waals surface area contributed by atoms with Crippen LogP contribution >= 0.6 is 27.5 Å². The Kier molecular flexibility index (Phi) is 5.74. The summed E-state index contributed by atoms with van der Waals surface area (Å²) in [6.45, 7) is 0.850. The van der Waals surface area contributed by atoms with Crippen LogP contribution in [0.25, 0.3) is 0 Å². The van der Waals surface area contributed by atoms with Gasteiger partial charge in [-0.2, -0.15) is 5.26 Å². The van der Waals surface area contributed by atoms with Gasteiger partial charge < -0.3 is 10.5 Å². The van der Waals surface area contributed by atoms with Crippen LogP contribution in [0.2, 0.25) is 5.02 Å². The first-order valence-corrected chi connectivity index (χ1v) is 6.55. The molecule has 104 valence electrons. The number of allylic oxidation sites excluding steroid dienone is 1. The lowest BCUT2D eigenvalue weighted by atomic mass is 10.1. The molecule has 0 saturated carbocycles. The van der Waals surface area contributed by atoms with Crippen LogP contribution < -0.4 is 5.73 Å². The lowest BCUT2D eigenvalue weighted by molar-refractivity contribution is -0.118. The molecule has 0 bridgehead atoms. The molecule has 5 nitrogen and oxygen atoms in total. The number of rotatable bonds is 4. The van der Waals surface area contributed by atoms with Crippen LogP contribution in [-0.4, -0.2) is 18.4 Å². The van der Waals surface area contributed by atoms with E-state index in [0.717, 1.165) is 0 Å². The molecule has 0 aliphatic heterocycles. The van der Waals surface area contributed by atoms with E-state index in [-0.39, 0.29) is 21.9 Å². The molecule has 20 heavy (non-hydrogen) atoms. The average molecular weight is 358 g/mol. The molecule has 1 aromatic carbocycles. The van der Waals surface area contributed by atoms with Gasteiger partial charge in [-0.3, -0.25) is 4.79 Å². The molecule has 2 N–H and O–H groups in total. The summed E-state index contributed by atoms with van der Waals surface area (Å²) in [5.41, 5.74) is 5.36. The molecule has 0 heterocycles. The standard InChI is InChI=1S/C13H10BrClN2O3/c1-7(17)10(5-16)12(18)6-20-13(19)9-4-8(14)2-3-11(9)15/h2-4H,6,17H2,1H3/b10-7-. The number of ether oxygens (including phenoxy) is 1. The molecule has 0 spiro atoms. The van der Waals surface area contributed by atoms with E-state index < -0.39 is 18.4 Å². The minimum atomic E-state index is -0.753. The summed E-state index contributed by atoms with van der Waals surface area (Å²) in [5.74, 6) is -1.41. The van der Waals surface area contributed by atoms with Gasteiger partial charge in [0, 0.05) is 10.2 Å². The molecule has 0 aromatic heterocycles. The molecule has 0 unspecified atom stereocenters. The highest BCUT2D eigenvalue weighted by Gasteiger charge is 2.17. The zero-order valence-electron chi connectivity index (χ0n) is 10.4. The SMILES string of the molecule is C/C(N)=C(\C#N)C(=O)COC(=O)c1cc(Br)ccc1Cl. The number of halogens is 2. The smallest absolute Gasteiger partial charge is 0.340 e. The molecule has 0 aliphatic rings. The largest absolute Gasteiger partial charge is 0.454 e. The summed E-state index contributed by atoms with van der Waals surface area (Å²) in [6.07, 6.45) is 0. The van der Waals surface area contributed by atoms with Crippen LogP contribution in [0.3, 0.4) is 0 Å². The van der Waals surface area contributed by atoms with E-state index in [2.05, 4.69) is 15.9 Å². The molecule has 0 saturated heterocycles. The van der Waals surface area contributed by atoms with E-state index in [4.69, 9.17) is 27.3 Å². The molecule has 0 radical (unpaired) electrons. The first kappa shape index (κ1) is 16.2. The second-order valence-corrected chi connectivity index (χ2v) is 5.12. The van der Waals surface area contributed by atoms with E-state index >= 15 is 0 Å². The van der Waals surface area contributed by atoms with Crippen LogP contribution in [-0.2, 0) is 9.53 Å². The number of hydrogen-bond donors (Lipinski definition) is 1. The van der Waals surface area contributed by atoms with Crippen molar-refractivity contribution in [2.75, 3.05) is 6.61 Å². The number of Topliss-reactive ketones (excluding diaryl/α,β-unsaturated/α-hetero) is 1. The van der Waals surface area contributed by atoms with E-state index in [9.17, 15) is 9.59 Å². The van der Waals surface area contributed by atoms with Crippen LogP contribution in [0.15, 0.2) is 33.9 Å². The molecule has 1 aromatic rings. The predicted molar refractivity (Wildman–Crippen MR) is 76.9 cm³/mol. The maximum absolute atomic E-state index is 11.8. The van der Waals surface area contributed by atoms with E-state index in [0.29, 0.717) is 4.47 Å². The predicted octanol–water partition coefficient (Wildman–Crippen LogP) is 2.58. The van der Waals surface area contributed by atoms with Gasteiger partial charge >= 0.3 is 5.97 Å². The van der Waals surface area contributed by atoms with Gasteiger partial charge in [-0.15, -0.1) is 0 Å². The Morgan fingerprint density at radius 2 is 2.15 bits per heavy atom. The average Bonchev–Trinajstić information content (AvgIpc) is 2.39. The minimum Gasteiger partial charge on any atom is -0.454 e. The summed E-state index contributed by atoms with van der Waals surface area (Å²) < 4.78 is 5.47. The topological polar surface area (TPSA) is 93.2 Å². The maximum Gasteiger partial charge on any atom is 0.340 e. The molecule has 7 heteroatoms. The summed E-state index contributed by atoms with van der Waals surface area (Å²) in [4.78, 5) is 23.4. The highest BCUT2D eigenvalue weighted by molar-refractivity contribution is 9.10. The first-order chi connectivity index (χ1) is 9.36. The van der Waals surface area contributed by atoms with Gasteiger partial charge in [-0.1, -0.05) is 27.5 Å². The van der Waals surface area contributed by atoms with Crippen LogP contribution in [0.5, 0.6) is 0 Å². The highest BCUT2D eigenvalue weighted by Crippen LogP contribution is 2.21. The van der Waals surface area contributed by atoms with Gasteiger partial charge in [0.15, 0.2) is 6.61 Å². The number of carbonyl (C=O) groups is 2. The van der Waals surface area contributed by atoms with Crippen molar-refractivity contribution in [3.63, 3.8) is 0 Å². The Hall–Kier alpha value is -1.84. The third-order valence-corrected chi connectivity index (χ3v) is 3.09. The molecule has 0 fully saturated rings. The summed E-state index contributed by atoms with van der Waals surface area (Å²) >= 11 is 9.06. The zero-order valence-corrected chi connectivity index (χ0v) is 12.8. The number of ketones is 1. The van der Waals surface area contributed by atoms with Crippen molar-refractivity contribution in [1.29, 1.82) is 5.26 Å². The molecular formula is C13H10BrClN2O3. The van der Waals surface area contributed by atoms with Gasteiger partial charge in [-0.05, 0) is 25.1 Å². The lowest BCUT2D eigenvalue weighted by Gasteiger charge is -2.06. The summed E-state index contributed by atoms with van der Waals surface area (Å²) in [7, 11) is 0. The van der Waals surface area contributed by atoms with E-state index in [1.807, 2.05) is 0 Å². The van der Waals surface area contributed by atoms with Gasteiger partial charge in [0.05, 0.1) is 10.6 Å². The van der Waals surface area contributed by atoms with Crippen molar-refractivity contribution >= 4 is 39.3 Å². The van der Waals surface area contributed by atoms with Crippen molar-refractivity contribution in [2.45, 2.75) is 6.92 Å². The fourth-order valence-corrected chi connectivity index (χ4v) is 1.86. The number of carbonyl (C=O) groups excluding carboxylic acids is 2. The number of nitrogens with two attached hydrogens (primary N) is 1. The second-order valence-electron chi connectivity index (χ2n) is 3.79. The maximum atomic E-state index is 11.8. The van der Waals surface area contributed by atoms with Crippen molar-refractivity contribution < 1.29 is 14.3 Å². The van der Waals surface area contributed by atoms with Crippen molar-refractivity contribution in [3.05, 3.63) is 44.5 Å². The minimum absolute atomic E-state index is 0.0778. The summed E-state index contributed by atoms with van der Waals surface area (Å²) in [5, 5.41) is 8.96. The second kappa shape index (κ2) is 7.08. The number of esters is 1. The van der Waals surface area contributed by atoms with Crippen LogP contribution in [0.1, 0.15) is 17.3 Å². The Bertz CT molecular complexity index is 631. The molecule has 1 rings (SSSR count). The van der Waals surface area contributed by atoms with Crippen molar-refractivity contribution in [1.82, 2.24) is 0 Å². The molecule has 0 amide bonds. The first-order valence-electron chi connectivity index (χ1n) is 5.38. The third kappa shape index (κ3) is 4.08.